The first kappa shape index (κ1) is 24.9. The van der Waals surface area contributed by atoms with Crippen LogP contribution in [0.4, 0.5) is 5.69 Å². The maximum Gasteiger partial charge on any atom is 0.264 e. The third kappa shape index (κ3) is 4.31. The number of hydrogen-bond donors (Lipinski definition) is 1. The topological polar surface area (TPSA) is 85.3 Å². The third-order valence-electron chi connectivity index (χ3n) is 6.02. The van der Waals surface area contributed by atoms with Crippen LogP contribution < -0.4 is 19.1 Å². The van der Waals surface area contributed by atoms with Gasteiger partial charge in [-0.15, -0.1) is 0 Å². The van der Waals surface area contributed by atoms with Gasteiger partial charge >= 0.3 is 0 Å². The SMILES string of the molecule is COc1cc(C(=O)CC2(O)C(=O)N(Cc3c(Cl)cccc3Cl)c3ccccc32)cc(OC)c1OC. The average molecular weight is 516 g/mol. The van der Waals surface area contributed by atoms with Crippen molar-refractivity contribution in [1.82, 2.24) is 0 Å². The molecule has 0 saturated carbocycles. The van der Waals surface area contributed by atoms with Gasteiger partial charge in [0.25, 0.3) is 5.91 Å². The highest BCUT2D eigenvalue weighted by Crippen LogP contribution is 2.45. The number of aliphatic hydroxyl groups is 1. The molecule has 0 aliphatic carbocycles. The minimum atomic E-state index is -2.08. The molecule has 0 fully saturated rings. The molecule has 1 N–H and O–H groups in total. The molecule has 1 aliphatic heterocycles. The van der Waals surface area contributed by atoms with E-state index in [0.29, 0.717) is 32.6 Å². The zero-order valence-electron chi connectivity index (χ0n) is 19.3. The third-order valence-corrected chi connectivity index (χ3v) is 6.73. The van der Waals surface area contributed by atoms with Crippen LogP contribution in [-0.4, -0.2) is 38.1 Å². The molecule has 9 heteroatoms. The van der Waals surface area contributed by atoms with Gasteiger partial charge in [-0.1, -0.05) is 47.5 Å². The second-order valence-corrected chi connectivity index (χ2v) is 8.80. The summed E-state index contributed by atoms with van der Waals surface area (Å²) in [5.41, 5.74) is -0.533. The molecule has 0 saturated heterocycles. The number of hydrogen-bond acceptors (Lipinski definition) is 6. The van der Waals surface area contributed by atoms with Crippen LogP contribution in [-0.2, 0) is 16.9 Å². The molecular formula is C26H23Cl2NO6. The van der Waals surface area contributed by atoms with Crippen molar-refractivity contribution in [1.29, 1.82) is 0 Å². The number of rotatable bonds is 8. The van der Waals surface area contributed by atoms with E-state index in [1.54, 1.807) is 42.5 Å². The van der Waals surface area contributed by atoms with Crippen molar-refractivity contribution in [2.45, 2.75) is 18.6 Å². The van der Waals surface area contributed by atoms with Gasteiger partial charge in [-0.3, -0.25) is 9.59 Å². The molecule has 3 aromatic rings. The molecule has 0 bridgehead atoms. The van der Waals surface area contributed by atoms with Crippen LogP contribution in [0.2, 0.25) is 10.0 Å². The monoisotopic (exact) mass is 515 g/mol. The largest absolute Gasteiger partial charge is 0.493 e. The Hall–Kier alpha value is -3.26. The van der Waals surface area contributed by atoms with E-state index < -0.39 is 23.7 Å². The molecule has 1 aliphatic rings. The van der Waals surface area contributed by atoms with E-state index in [1.165, 1.54) is 38.4 Å². The molecule has 35 heavy (non-hydrogen) atoms. The van der Waals surface area contributed by atoms with E-state index in [4.69, 9.17) is 37.4 Å². The highest BCUT2D eigenvalue weighted by Gasteiger charge is 2.51. The maximum atomic E-state index is 13.6. The molecule has 0 radical (unpaired) electrons. The zero-order chi connectivity index (χ0) is 25.3. The summed E-state index contributed by atoms with van der Waals surface area (Å²) in [5.74, 6) is -0.219. The molecule has 0 aromatic heterocycles. The predicted molar refractivity (Wildman–Crippen MR) is 133 cm³/mol. The summed E-state index contributed by atoms with van der Waals surface area (Å²) in [6.45, 7) is 0.0367. The number of ketones is 1. The van der Waals surface area contributed by atoms with E-state index in [9.17, 15) is 14.7 Å². The zero-order valence-corrected chi connectivity index (χ0v) is 20.8. The van der Waals surface area contributed by atoms with Crippen molar-refractivity contribution in [3.8, 4) is 17.2 Å². The fraction of sp³-hybridized carbons (Fsp3) is 0.231. The summed E-state index contributed by atoms with van der Waals surface area (Å²) in [7, 11) is 4.33. The van der Waals surface area contributed by atoms with Crippen LogP contribution >= 0.6 is 23.2 Å². The van der Waals surface area contributed by atoms with Gasteiger partial charge in [0.15, 0.2) is 22.9 Å². The number of benzene rings is 3. The van der Waals surface area contributed by atoms with Gasteiger partial charge in [-0.25, -0.2) is 0 Å². The van der Waals surface area contributed by atoms with Gasteiger partial charge in [0.05, 0.1) is 40.0 Å². The second kappa shape index (κ2) is 9.77. The van der Waals surface area contributed by atoms with Crippen molar-refractivity contribution in [2.24, 2.45) is 0 Å². The smallest absolute Gasteiger partial charge is 0.264 e. The molecule has 1 heterocycles. The highest BCUT2D eigenvalue weighted by atomic mass is 35.5. The minimum Gasteiger partial charge on any atom is -0.493 e. The number of anilines is 1. The summed E-state index contributed by atoms with van der Waals surface area (Å²) >= 11 is 12.7. The maximum absolute atomic E-state index is 13.6. The highest BCUT2D eigenvalue weighted by molar-refractivity contribution is 6.36. The van der Waals surface area contributed by atoms with Crippen LogP contribution in [0.5, 0.6) is 17.2 Å². The first-order valence-corrected chi connectivity index (χ1v) is 11.4. The Morgan fingerprint density at radius 2 is 1.54 bits per heavy atom. The summed E-state index contributed by atoms with van der Waals surface area (Å²) in [4.78, 5) is 28.3. The molecule has 1 unspecified atom stereocenters. The Balaban J connectivity index is 1.71. The molecular weight excluding hydrogens is 493 g/mol. The van der Waals surface area contributed by atoms with Crippen LogP contribution in [0, 0.1) is 0 Å². The Kier molecular flexibility index (Phi) is 6.94. The van der Waals surface area contributed by atoms with Gasteiger partial charge in [0.1, 0.15) is 0 Å². The number of carbonyl (C=O) groups is 2. The fourth-order valence-corrected chi connectivity index (χ4v) is 4.77. The lowest BCUT2D eigenvalue weighted by molar-refractivity contribution is -0.136. The number of fused-ring (bicyclic) bond motifs is 1. The van der Waals surface area contributed by atoms with Gasteiger partial charge in [-0.05, 0) is 30.3 Å². The van der Waals surface area contributed by atoms with Crippen molar-refractivity contribution >= 4 is 40.6 Å². The van der Waals surface area contributed by atoms with Crippen molar-refractivity contribution < 1.29 is 28.9 Å². The van der Waals surface area contributed by atoms with Crippen LogP contribution in [0.3, 0.4) is 0 Å². The Labute approximate surface area is 212 Å². The summed E-state index contributed by atoms with van der Waals surface area (Å²) in [6, 6.07) is 14.8. The lowest BCUT2D eigenvalue weighted by Gasteiger charge is -2.23. The van der Waals surface area contributed by atoms with E-state index in [0.717, 1.165) is 0 Å². The molecule has 3 aromatic carbocycles. The number of carbonyl (C=O) groups excluding carboxylic acids is 2. The number of methoxy groups -OCH3 is 3. The van der Waals surface area contributed by atoms with Crippen molar-refractivity contribution in [3.05, 3.63) is 81.3 Å². The van der Waals surface area contributed by atoms with Gasteiger partial charge in [0.2, 0.25) is 5.75 Å². The van der Waals surface area contributed by atoms with Crippen LogP contribution in [0.25, 0.3) is 0 Å². The molecule has 7 nitrogen and oxygen atoms in total. The predicted octanol–water partition coefficient (Wildman–Crippen LogP) is 5.03. The Morgan fingerprint density at radius 1 is 0.943 bits per heavy atom. The molecule has 1 atom stereocenters. The second-order valence-electron chi connectivity index (χ2n) is 7.98. The normalized spacial score (nSPS) is 16.7. The van der Waals surface area contributed by atoms with E-state index in [1.807, 2.05) is 0 Å². The first-order valence-electron chi connectivity index (χ1n) is 10.6. The van der Waals surface area contributed by atoms with Gasteiger partial charge in [-0.2, -0.15) is 0 Å². The lowest BCUT2D eigenvalue weighted by Crippen LogP contribution is -2.41. The van der Waals surface area contributed by atoms with Crippen molar-refractivity contribution in [3.63, 3.8) is 0 Å². The molecule has 182 valence electrons. The average Bonchev–Trinajstić information content (AvgIpc) is 3.06. The van der Waals surface area contributed by atoms with Gasteiger partial charge in [0, 0.05) is 26.7 Å². The summed E-state index contributed by atoms with van der Waals surface area (Å²) in [5, 5.41) is 12.4. The van der Waals surface area contributed by atoms with E-state index in [-0.39, 0.29) is 23.6 Å². The van der Waals surface area contributed by atoms with E-state index >= 15 is 0 Å². The molecule has 4 rings (SSSR count). The first-order chi connectivity index (χ1) is 16.7. The lowest BCUT2D eigenvalue weighted by atomic mass is 9.88. The number of ether oxygens (including phenoxy) is 3. The summed E-state index contributed by atoms with van der Waals surface area (Å²) in [6.07, 6.45) is -0.492. The van der Waals surface area contributed by atoms with Crippen LogP contribution in [0.15, 0.2) is 54.6 Å². The summed E-state index contributed by atoms with van der Waals surface area (Å²) < 4.78 is 16.0. The van der Waals surface area contributed by atoms with Gasteiger partial charge < -0.3 is 24.2 Å². The van der Waals surface area contributed by atoms with E-state index in [2.05, 4.69) is 0 Å². The molecule has 0 spiro atoms. The molecule has 1 amide bonds. The van der Waals surface area contributed by atoms with Crippen molar-refractivity contribution in [2.75, 3.05) is 26.2 Å². The fourth-order valence-electron chi connectivity index (χ4n) is 4.25. The minimum absolute atomic E-state index is 0.0367. The quantitative estimate of drug-likeness (QED) is 0.423. The van der Waals surface area contributed by atoms with Crippen LogP contribution in [0.1, 0.15) is 27.9 Å². The number of halogens is 2. The Bertz CT molecular complexity index is 1270. The Morgan fingerprint density at radius 3 is 2.11 bits per heavy atom. The number of amides is 1. The standard InChI is InChI=1S/C26H23Cl2NO6/c1-33-22-11-15(12-23(34-2)24(22)35-3)21(30)13-26(32)17-7-4-5-10-20(17)29(25(26)31)14-16-18(27)8-6-9-19(16)28/h4-12,32H,13-14H2,1-3H3. The number of Topliss-reactive ketones (excluding diaryl/α,β-unsaturated/α-hetero) is 1. The number of nitrogens with zero attached hydrogens (tertiary/aromatic N) is 1. The number of para-hydroxylation sites is 1.